The summed E-state index contributed by atoms with van der Waals surface area (Å²) in [6.45, 7) is 0. The highest BCUT2D eigenvalue weighted by Gasteiger charge is 2.07. The van der Waals surface area contributed by atoms with E-state index < -0.39 is 0 Å². The van der Waals surface area contributed by atoms with E-state index in [0.717, 1.165) is 39.0 Å². The molecule has 0 amide bonds. The molecule has 1 aliphatic rings. The fraction of sp³-hybridized carbons (Fsp3) is 0.0800. The number of halogens is 1. The molecule has 6 heteroatoms. The number of nitrogens with zero attached hydrogens (tertiary/aromatic N) is 2. The number of aromatic nitrogens is 3. The first-order chi connectivity index (χ1) is 15.0. The smallest absolute Gasteiger partial charge is 0.250 e. The lowest BCUT2D eigenvalue weighted by Crippen LogP contribution is -2.32. The SMILES string of the molecule is Cn1c(=O)ccc2cnc3c(c21)=CC(c1ccc(=O)[nH]c1)=CCC=3.Fc1ccccc1. The topological polar surface area (TPSA) is 67.8 Å². The number of fused-ring (bicyclic) bond motifs is 3. The van der Waals surface area contributed by atoms with Crippen LogP contribution in [0.3, 0.4) is 0 Å². The van der Waals surface area contributed by atoms with Crippen molar-refractivity contribution in [1.82, 2.24) is 14.5 Å². The average molecular weight is 413 g/mol. The number of hydrogen-bond donors (Lipinski definition) is 1. The molecule has 5 rings (SSSR count). The predicted octanol–water partition coefficient (Wildman–Crippen LogP) is 2.50. The minimum absolute atomic E-state index is 0.0527. The number of aryl methyl sites for hydroxylation is 1. The zero-order chi connectivity index (χ0) is 21.8. The van der Waals surface area contributed by atoms with Crippen LogP contribution in [-0.2, 0) is 7.05 Å². The van der Waals surface area contributed by atoms with E-state index in [1.807, 2.05) is 12.2 Å². The van der Waals surface area contributed by atoms with Crippen molar-refractivity contribution in [2.24, 2.45) is 7.05 Å². The maximum Gasteiger partial charge on any atom is 0.250 e. The molecule has 5 nitrogen and oxygen atoms in total. The van der Waals surface area contributed by atoms with Crippen molar-refractivity contribution in [2.45, 2.75) is 6.42 Å². The number of pyridine rings is 3. The van der Waals surface area contributed by atoms with Crippen LogP contribution in [0.25, 0.3) is 28.6 Å². The minimum atomic E-state index is -0.178. The first-order valence-electron chi connectivity index (χ1n) is 9.79. The molecule has 0 radical (unpaired) electrons. The molecule has 3 heterocycles. The number of allylic oxidation sites excluding steroid dienone is 2. The van der Waals surface area contributed by atoms with Gasteiger partial charge < -0.3 is 9.55 Å². The summed E-state index contributed by atoms with van der Waals surface area (Å²) >= 11 is 0. The van der Waals surface area contributed by atoms with Gasteiger partial charge in [-0.3, -0.25) is 14.6 Å². The Labute approximate surface area is 177 Å². The van der Waals surface area contributed by atoms with Crippen LogP contribution in [-0.4, -0.2) is 14.5 Å². The van der Waals surface area contributed by atoms with E-state index in [1.165, 1.54) is 18.2 Å². The van der Waals surface area contributed by atoms with Crippen molar-refractivity contribution < 1.29 is 4.39 Å². The Morgan fingerprint density at radius 1 is 1.00 bits per heavy atom. The van der Waals surface area contributed by atoms with Crippen molar-refractivity contribution >= 4 is 28.6 Å². The number of nitrogens with one attached hydrogen (secondary N) is 1. The van der Waals surface area contributed by atoms with E-state index in [9.17, 15) is 14.0 Å². The van der Waals surface area contributed by atoms with Gasteiger partial charge in [0.15, 0.2) is 0 Å². The van der Waals surface area contributed by atoms with Gasteiger partial charge in [0.1, 0.15) is 5.82 Å². The fourth-order valence-electron chi connectivity index (χ4n) is 3.45. The molecule has 0 saturated heterocycles. The Hall–Kier alpha value is -4.06. The Bertz CT molecular complexity index is 1500. The van der Waals surface area contributed by atoms with Crippen LogP contribution < -0.4 is 21.7 Å². The molecule has 0 bridgehead atoms. The Morgan fingerprint density at radius 2 is 1.81 bits per heavy atom. The molecule has 4 aromatic rings. The molecule has 0 atom stereocenters. The summed E-state index contributed by atoms with van der Waals surface area (Å²) in [7, 11) is 1.77. The maximum absolute atomic E-state index is 12.1. The lowest BCUT2D eigenvalue weighted by Gasteiger charge is -2.06. The fourth-order valence-corrected chi connectivity index (χ4v) is 3.45. The van der Waals surface area contributed by atoms with E-state index in [1.54, 1.807) is 60.4 Å². The first-order valence-corrected chi connectivity index (χ1v) is 9.79. The number of benzene rings is 1. The largest absolute Gasteiger partial charge is 0.328 e. The van der Waals surface area contributed by atoms with Crippen molar-refractivity contribution in [3.63, 3.8) is 0 Å². The minimum Gasteiger partial charge on any atom is -0.328 e. The van der Waals surface area contributed by atoms with Crippen LogP contribution in [0.15, 0.2) is 82.7 Å². The highest BCUT2D eigenvalue weighted by molar-refractivity contribution is 5.92. The monoisotopic (exact) mass is 413 g/mol. The summed E-state index contributed by atoms with van der Waals surface area (Å²) in [5, 5.41) is 2.70. The molecule has 31 heavy (non-hydrogen) atoms. The highest BCUT2D eigenvalue weighted by atomic mass is 19.1. The zero-order valence-corrected chi connectivity index (χ0v) is 16.9. The predicted molar refractivity (Wildman–Crippen MR) is 121 cm³/mol. The first kappa shape index (κ1) is 20.2. The third-order valence-electron chi connectivity index (χ3n) is 5.02. The second kappa shape index (κ2) is 8.75. The van der Waals surface area contributed by atoms with Gasteiger partial charge in [-0.15, -0.1) is 0 Å². The molecule has 3 aromatic heterocycles. The van der Waals surface area contributed by atoms with Gasteiger partial charge in [-0.1, -0.05) is 30.4 Å². The van der Waals surface area contributed by atoms with Crippen molar-refractivity contribution in [3.05, 3.63) is 116 Å². The number of aromatic amines is 1. The van der Waals surface area contributed by atoms with Crippen LogP contribution in [0.2, 0.25) is 0 Å². The second-order valence-corrected chi connectivity index (χ2v) is 7.07. The molecule has 0 fully saturated rings. The van der Waals surface area contributed by atoms with Crippen LogP contribution in [0.1, 0.15) is 12.0 Å². The molecule has 0 aliphatic heterocycles. The normalized spacial score (nSPS) is 12.4. The van der Waals surface area contributed by atoms with Gasteiger partial charge in [-0.25, -0.2) is 4.39 Å². The van der Waals surface area contributed by atoms with Gasteiger partial charge in [-0.2, -0.15) is 0 Å². The average Bonchev–Trinajstić information content (AvgIpc) is 3.00. The van der Waals surface area contributed by atoms with Crippen LogP contribution >= 0.6 is 0 Å². The van der Waals surface area contributed by atoms with E-state index in [2.05, 4.69) is 16.0 Å². The molecule has 154 valence electrons. The van der Waals surface area contributed by atoms with Crippen molar-refractivity contribution in [1.29, 1.82) is 0 Å². The van der Waals surface area contributed by atoms with E-state index in [0.29, 0.717) is 0 Å². The molecule has 1 aromatic carbocycles. The number of rotatable bonds is 1. The summed E-state index contributed by atoms with van der Waals surface area (Å²) in [6, 6.07) is 14.6. The number of H-pyrrole nitrogens is 1. The van der Waals surface area contributed by atoms with Crippen LogP contribution in [0, 0.1) is 5.82 Å². The summed E-state index contributed by atoms with van der Waals surface area (Å²) in [5.74, 6) is -0.178. The number of hydrogen-bond acceptors (Lipinski definition) is 3. The Balaban J connectivity index is 0.000000282. The van der Waals surface area contributed by atoms with Gasteiger partial charge in [0.05, 0.1) is 10.9 Å². The third-order valence-corrected chi connectivity index (χ3v) is 5.02. The standard InChI is InChI=1S/C19H15N3O2.C6H5F/c1-22-18(24)8-6-14-11-20-16-4-2-3-12(9-15(16)19(14)22)13-5-7-17(23)21-10-13;7-6-4-2-1-3-5-6/h3-11H,2H2,1H3,(H,21,23);1-5H. The van der Waals surface area contributed by atoms with Gasteiger partial charge in [-0.05, 0) is 47.9 Å². The maximum atomic E-state index is 12.1. The molecule has 1 N–H and O–H groups in total. The molecule has 1 aliphatic carbocycles. The van der Waals surface area contributed by atoms with E-state index >= 15 is 0 Å². The van der Waals surface area contributed by atoms with Gasteiger partial charge in [0.2, 0.25) is 5.56 Å². The van der Waals surface area contributed by atoms with E-state index in [-0.39, 0.29) is 16.9 Å². The highest BCUT2D eigenvalue weighted by Crippen LogP contribution is 2.16. The summed E-state index contributed by atoms with van der Waals surface area (Å²) in [4.78, 5) is 30.6. The molecule has 0 saturated carbocycles. The van der Waals surface area contributed by atoms with Crippen LogP contribution in [0.4, 0.5) is 4.39 Å². The lowest BCUT2D eigenvalue weighted by molar-refractivity contribution is 0.628. The quantitative estimate of drug-likeness (QED) is 0.521. The lowest BCUT2D eigenvalue weighted by atomic mass is 10.1. The van der Waals surface area contributed by atoms with E-state index in [4.69, 9.17) is 0 Å². The van der Waals surface area contributed by atoms with Gasteiger partial charge >= 0.3 is 0 Å². The van der Waals surface area contributed by atoms with Gasteiger partial charge in [0, 0.05) is 42.2 Å². The second-order valence-electron chi connectivity index (χ2n) is 7.07. The third kappa shape index (κ3) is 4.43. The Kier molecular flexibility index (Phi) is 5.71. The van der Waals surface area contributed by atoms with Gasteiger partial charge in [0.25, 0.3) is 5.56 Å². The zero-order valence-electron chi connectivity index (χ0n) is 16.9. The summed E-state index contributed by atoms with van der Waals surface area (Å²) in [6.07, 6.45) is 10.4. The summed E-state index contributed by atoms with van der Waals surface area (Å²) < 4.78 is 13.6. The molecular weight excluding hydrogens is 393 g/mol. The van der Waals surface area contributed by atoms with Crippen LogP contribution in [0.5, 0.6) is 0 Å². The summed E-state index contributed by atoms with van der Waals surface area (Å²) in [5.41, 5.74) is 2.60. The molecular formula is C25H20FN3O2. The Morgan fingerprint density at radius 3 is 2.48 bits per heavy atom. The van der Waals surface area contributed by atoms with Crippen molar-refractivity contribution in [3.8, 4) is 0 Å². The molecule has 0 unspecified atom stereocenters. The molecule has 0 spiro atoms. The van der Waals surface area contributed by atoms with Crippen molar-refractivity contribution in [2.75, 3.05) is 0 Å².